The van der Waals surface area contributed by atoms with E-state index in [1.165, 1.54) is 32.1 Å². The zero-order valence-corrected chi connectivity index (χ0v) is 10.7. The molecule has 1 heterocycles. The minimum atomic E-state index is -0.0466. The summed E-state index contributed by atoms with van der Waals surface area (Å²) in [6.45, 7) is 0.711. The van der Waals surface area contributed by atoms with Crippen LogP contribution in [0.5, 0.6) is 0 Å². The predicted molar refractivity (Wildman–Crippen MR) is 66.3 cm³/mol. The van der Waals surface area contributed by atoms with E-state index in [0.717, 1.165) is 23.7 Å². The van der Waals surface area contributed by atoms with E-state index in [4.69, 9.17) is 5.26 Å². The number of carbonyl (C=O) groups excluding carboxylic acids is 1. The van der Waals surface area contributed by atoms with Crippen LogP contribution in [0.3, 0.4) is 0 Å². The average molecular weight is 244 g/mol. The molecular weight excluding hydrogens is 224 g/mol. The Labute approximate surface area is 108 Å². The molecule has 1 amide bonds. The fourth-order valence-corrected chi connectivity index (χ4v) is 5.51. The lowest BCUT2D eigenvalue weighted by Crippen LogP contribution is -2.56. The Morgan fingerprint density at radius 3 is 2.17 bits per heavy atom. The molecular formula is C15H20N2O. The van der Waals surface area contributed by atoms with Crippen LogP contribution in [0.1, 0.15) is 38.5 Å². The third kappa shape index (κ3) is 1.44. The zero-order valence-electron chi connectivity index (χ0n) is 10.7. The molecule has 3 heteroatoms. The van der Waals surface area contributed by atoms with Crippen molar-refractivity contribution in [2.45, 2.75) is 44.6 Å². The first-order valence-corrected chi connectivity index (χ1v) is 7.43. The maximum atomic E-state index is 12.1. The summed E-state index contributed by atoms with van der Waals surface area (Å²) in [7, 11) is 0. The molecule has 5 aliphatic rings. The number of rotatable bonds is 1. The number of amides is 1. The van der Waals surface area contributed by atoms with Crippen molar-refractivity contribution < 1.29 is 4.79 Å². The smallest absolute Gasteiger partial charge is 0.224 e. The SMILES string of the molecule is N#CC1CC(=O)N(C2C3CC4CC(C3)CC2C4)C1. The monoisotopic (exact) mass is 244 g/mol. The second-order valence-corrected chi connectivity index (χ2v) is 7.00. The average Bonchev–Trinajstić information content (AvgIpc) is 2.69. The van der Waals surface area contributed by atoms with Gasteiger partial charge in [0.1, 0.15) is 0 Å². The largest absolute Gasteiger partial charge is 0.338 e. The maximum absolute atomic E-state index is 12.1. The summed E-state index contributed by atoms with van der Waals surface area (Å²) < 4.78 is 0. The van der Waals surface area contributed by atoms with Gasteiger partial charge in [-0.15, -0.1) is 0 Å². The van der Waals surface area contributed by atoms with Crippen LogP contribution in [0.25, 0.3) is 0 Å². The summed E-state index contributed by atoms with van der Waals surface area (Å²) in [6, 6.07) is 2.77. The van der Waals surface area contributed by atoms with Gasteiger partial charge in [0.2, 0.25) is 5.91 Å². The molecule has 4 saturated carbocycles. The van der Waals surface area contributed by atoms with Crippen LogP contribution in [0, 0.1) is 40.9 Å². The van der Waals surface area contributed by atoms with Crippen LogP contribution in [-0.2, 0) is 4.79 Å². The molecule has 5 rings (SSSR count). The maximum Gasteiger partial charge on any atom is 0.224 e. The van der Waals surface area contributed by atoms with E-state index >= 15 is 0 Å². The fourth-order valence-electron chi connectivity index (χ4n) is 5.51. The number of nitriles is 1. The first-order valence-electron chi connectivity index (χ1n) is 7.43. The van der Waals surface area contributed by atoms with Crippen molar-refractivity contribution in [2.75, 3.05) is 6.54 Å². The van der Waals surface area contributed by atoms with Crippen molar-refractivity contribution in [1.82, 2.24) is 4.90 Å². The van der Waals surface area contributed by atoms with Crippen LogP contribution in [-0.4, -0.2) is 23.4 Å². The third-order valence-corrected chi connectivity index (χ3v) is 5.88. The minimum Gasteiger partial charge on any atom is -0.338 e. The van der Waals surface area contributed by atoms with Gasteiger partial charge in [-0.25, -0.2) is 0 Å². The number of likely N-dealkylation sites (tertiary alicyclic amines) is 1. The van der Waals surface area contributed by atoms with Gasteiger partial charge in [-0.2, -0.15) is 5.26 Å². The minimum absolute atomic E-state index is 0.0466. The predicted octanol–water partition coefficient (Wildman–Crippen LogP) is 2.18. The van der Waals surface area contributed by atoms with Gasteiger partial charge in [-0.1, -0.05) is 0 Å². The van der Waals surface area contributed by atoms with Gasteiger partial charge in [0, 0.05) is 19.0 Å². The van der Waals surface area contributed by atoms with E-state index < -0.39 is 0 Å². The summed E-state index contributed by atoms with van der Waals surface area (Å²) in [5, 5.41) is 9.02. The van der Waals surface area contributed by atoms with E-state index in [9.17, 15) is 4.79 Å². The number of hydrogen-bond acceptors (Lipinski definition) is 2. The molecule has 0 aromatic heterocycles. The van der Waals surface area contributed by atoms with Crippen molar-refractivity contribution in [3.05, 3.63) is 0 Å². The van der Waals surface area contributed by atoms with Gasteiger partial charge in [-0.05, 0) is 55.8 Å². The Morgan fingerprint density at radius 2 is 1.67 bits per heavy atom. The van der Waals surface area contributed by atoms with Crippen LogP contribution >= 0.6 is 0 Å². The standard InChI is InChI=1S/C15H20N2O/c16-7-11-6-14(18)17(8-11)15-12-2-9-1-10(4-12)5-13(15)3-9/h9-13,15H,1-6,8H2. The molecule has 1 saturated heterocycles. The highest BCUT2D eigenvalue weighted by Crippen LogP contribution is 2.55. The van der Waals surface area contributed by atoms with Crippen LogP contribution in [0.2, 0.25) is 0 Å². The van der Waals surface area contributed by atoms with E-state index in [-0.39, 0.29) is 11.8 Å². The number of carbonyl (C=O) groups is 1. The van der Waals surface area contributed by atoms with Crippen molar-refractivity contribution in [1.29, 1.82) is 5.26 Å². The van der Waals surface area contributed by atoms with Gasteiger partial charge in [0.05, 0.1) is 12.0 Å². The van der Waals surface area contributed by atoms with E-state index in [0.29, 0.717) is 19.0 Å². The van der Waals surface area contributed by atoms with Gasteiger partial charge >= 0.3 is 0 Å². The first kappa shape index (κ1) is 10.8. The van der Waals surface area contributed by atoms with Crippen molar-refractivity contribution in [3.8, 4) is 6.07 Å². The normalized spacial score (nSPS) is 49.7. The summed E-state index contributed by atoms with van der Waals surface area (Å²) >= 11 is 0. The number of hydrogen-bond donors (Lipinski definition) is 0. The quantitative estimate of drug-likeness (QED) is 0.709. The molecule has 0 spiro atoms. The van der Waals surface area contributed by atoms with Crippen molar-refractivity contribution in [2.24, 2.45) is 29.6 Å². The second kappa shape index (κ2) is 3.73. The van der Waals surface area contributed by atoms with Crippen LogP contribution in [0.4, 0.5) is 0 Å². The zero-order chi connectivity index (χ0) is 12.3. The Morgan fingerprint density at radius 1 is 1.06 bits per heavy atom. The Balaban J connectivity index is 1.59. The number of nitrogens with zero attached hydrogens (tertiary/aromatic N) is 2. The Kier molecular flexibility index (Phi) is 2.24. The van der Waals surface area contributed by atoms with E-state index in [2.05, 4.69) is 11.0 Å². The molecule has 0 N–H and O–H groups in total. The summed E-state index contributed by atoms with van der Waals surface area (Å²) in [5.74, 6) is 3.61. The van der Waals surface area contributed by atoms with E-state index in [1.54, 1.807) is 0 Å². The summed E-state index contributed by atoms with van der Waals surface area (Å²) in [5.41, 5.74) is 0. The topological polar surface area (TPSA) is 44.1 Å². The molecule has 0 radical (unpaired) electrons. The lowest BCUT2D eigenvalue weighted by Gasteiger charge is -2.56. The highest BCUT2D eigenvalue weighted by Gasteiger charge is 2.52. The van der Waals surface area contributed by atoms with Gasteiger partial charge < -0.3 is 4.90 Å². The molecule has 1 atom stereocenters. The molecule has 3 nitrogen and oxygen atoms in total. The highest BCUT2D eigenvalue weighted by atomic mass is 16.2. The van der Waals surface area contributed by atoms with Gasteiger partial charge in [0.25, 0.3) is 0 Å². The lowest BCUT2D eigenvalue weighted by molar-refractivity contribution is -0.138. The van der Waals surface area contributed by atoms with Crippen molar-refractivity contribution in [3.63, 3.8) is 0 Å². The molecule has 0 aromatic carbocycles. The second-order valence-electron chi connectivity index (χ2n) is 7.00. The summed E-state index contributed by atoms with van der Waals surface area (Å²) in [4.78, 5) is 14.2. The molecule has 4 aliphatic carbocycles. The van der Waals surface area contributed by atoms with Gasteiger partial charge in [-0.3, -0.25) is 4.79 Å². The molecule has 4 bridgehead atoms. The van der Waals surface area contributed by atoms with Gasteiger partial charge in [0.15, 0.2) is 0 Å². The van der Waals surface area contributed by atoms with Crippen LogP contribution < -0.4 is 0 Å². The van der Waals surface area contributed by atoms with Crippen molar-refractivity contribution >= 4 is 5.91 Å². The van der Waals surface area contributed by atoms with Crippen LogP contribution in [0.15, 0.2) is 0 Å². The Bertz CT molecular complexity index is 397. The Hall–Kier alpha value is -1.04. The molecule has 5 fully saturated rings. The van der Waals surface area contributed by atoms with E-state index in [1.807, 2.05) is 0 Å². The molecule has 18 heavy (non-hydrogen) atoms. The fraction of sp³-hybridized carbons (Fsp3) is 0.867. The molecule has 96 valence electrons. The molecule has 1 unspecified atom stereocenters. The summed E-state index contributed by atoms with van der Waals surface area (Å²) in [6.07, 6.45) is 7.31. The molecule has 0 aromatic rings. The lowest BCUT2D eigenvalue weighted by atomic mass is 9.54. The first-order chi connectivity index (χ1) is 8.74. The third-order valence-electron chi connectivity index (χ3n) is 5.88. The molecule has 1 aliphatic heterocycles. The highest BCUT2D eigenvalue weighted by molar-refractivity contribution is 5.79.